The van der Waals surface area contributed by atoms with Gasteiger partial charge >= 0.3 is 5.97 Å². The Balaban J connectivity index is 1.20. The maximum Gasteiger partial charge on any atom is 0.303 e. The van der Waals surface area contributed by atoms with Crippen molar-refractivity contribution in [3.8, 4) is 11.5 Å². The number of hydrogen-bond acceptors (Lipinski definition) is 9. The number of aromatic nitrogens is 3. The quantitative estimate of drug-likeness (QED) is 0.253. The fraction of sp³-hybridized carbons (Fsp3) is 0.618. The summed E-state index contributed by atoms with van der Waals surface area (Å²) in [5, 5.41) is 13.5. The zero-order chi connectivity index (χ0) is 31.9. The molecule has 45 heavy (non-hydrogen) atoms. The highest BCUT2D eigenvalue weighted by Crippen LogP contribution is 2.49. The van der Waals surface area contributed by atoms with Gasteiger partial charge < -0.3 is 33.9 Å². The van der Waals surface area contributed by atoms with Crippen molar-refractivity contribution in [1.82, 2.24) is 19.4 Å². The number of methoxy groups -OCH3 is 2. The Labute approximate surface area is 265 Å². The third-order valence-electron chi connectivity index (χ3n) is 9.91. The maximum atomic E-state index is 11.1. The monoisotopic (exact) mass is 621 g/mol. The van der Waals surface area contributed by atoms with Crippen LogP contribution in [-0.4, -0.2) is 81.4 Å². The third kappa shape index (κ3) is 6.48. The summed E-state index contributed by atoms with van der Waals surface area (Å²) < 4.78 is 26.3. The molecule has 2 N–H and O–H groups in total. The summed E-state index contributed by atoms with van der Waals surface area (Å²) in [5.74, 6) is 1.70. The lowest BCUT2D eigenvalue weighted by atomic mass is 9.76. The van der Waals surface area contributed by atoms with E-state index in [2.05, 4.69) is 45.9 Å². The van der Waals surface area contributed by atoms with Crippen LogP contribution in [0.25, 0.3) is 11.0 Å². The number of carbonyl (C=O) groups is 1. The number of ether oxygens (including phenoxy) is 4. The molecule has 0 unspecified atom stereocenters. The lowest BCUT2D eigenvalue weighted by molar-refractivity contribution is -0.161. The molecule has 0 radical (unpaired) electrons. The van der Waals surface area contributed by atoms with Gasteiger partial charge in [0.2, 0.25) is 0 Å². The fourth-order valence-corrected chi connectivity index (χ4v) is 7.65. The van der Waals surface area contributed by atoms with E-state index in [0.29, 0.717) is 30.5 Å². The Morgan fingerprint density at radius 2 is 1.91 bits per heavy atom. The van der Waals surface area contributed by atoms with Crippen molar-refractivity contribution in [1.29, 1.82) is 0 Å². The standard InChI is InChI=1S/C34H47N5O6/c1-20(2)39(24-13-21(14-24)7-10-29(40)41)18-23-15-27(31-30(23)44-34(3,4)45-31)38-12-11-26-32(36-19-37-33(26)38)35-17-22-8-9-25(42-5)16-28(22)43-6/h8-9,11-12,16,19-21,23-24,27,30-31H,7,10,13-15,17-18H2,1-6H3,(H,40,41)(H,35,36,37)/t21?,23-,24?,27-,30-,31-/m1/s1. The van der Waals surface area contributed by atoms with Crippen molar-refractivity contribution in [2.24, 2.45) is 11.8 Å². The molecule has 3 aliphatic rings. The summed E-state index contributed by atoms with van der Waals surface area (Å²) in [4.78, 5) is 23.0. The average Bonchev–Trinajstić information content (AvgIpc) is 3.65. The highest BCUT2D eigenvalue weighted by Gasteiger charge is 2.55. The molecule has 2 aliphatic carbocycles. The fourth-order valence-electron chi connectivity index (χ4n) is 7.65. The number of anilines is 1. The van der Waals surface area contributed by atoms with Gasteiger partial charge in [0, 0.05) is 55.3 Å². The first-order chi connectivity index (χ1) is 21.6. The second kappa shape index (κ2) is 12.8. The Bertz CT molecular complexity index is 1500. The molecule has 1 aromatic carbocycles. The van der Waals surface area contributed by atoms with Gasteiger partial charge in [-0.05, 0) is 77.5 Å². The molecular weight excluding hydrogens is 574 g/mol. The zero-order valence-corrected chi connectivity index (χ0v) is 27.2. The summed E-state index contributed by atoms with van der Waals surface area (Å²) in [5.41, 5.74) is 1.87. The van der Waals surface area contributed by atoms with Crippen LogP contribution in [0.3, 0.4) is 0 Å². The van der Waals surface area contributed by atoms with Gasteiger partial charge in [-0.2, -0.15) is 0 Å². The van der Waals surface area contributed by atoms with Crippen LogP contribution in [0.5, 0.6) is 11.5 Å². The molecule has 2 saturated carbocycles. The normalized spacial score (nSPS) is 27.1. The molecule has 3 fully saturated rings. The van der Waals surface area contributed by atoms with Crippen LogP contribution >= 0.6 is 0 Å². The van der Waals surface area contributed by atoms with Crippen molar-refractivity contribution in [3.05, 3.63) is 42.4 Å². The molecular formula is C34H47N5O6. The average molecular weight is 622 g/mol. The summed E-state index contributed by atoms with van der Waals surface area (Å²) in [6, 6.07) is 8.82. The van der Waals surface area contributed by atoms with Crippen molar-refractivity contribution in [2.45, 2.75) is 102 Å². The number of carboxylic acid groups (broad SMARTS) is 1. The van der Waals surface area contributed by atoms with Gasteiger partial charge in [0.1, 0.15) is 35.4 Å². The molecule has 11 nitrogen and oxygen atoms in total. The van der Waals surface area contributed by atoms with Crippen LogP contribution < -0.4 is 14.8 Å². The van der Waals surface area contributed by atoms with E-state index in [9.17, 15) is 4.79 Å². The van der Waals surface area contributed by atoms with E-state index in [0.717, 1.165) is 66.1 Å². The third-order valence-corrected chi connectivity index (χ3v) is 9.91. The summed E-state index contributed by atoms with van der Waals surface area (Å²) >= 11 is 0. The largest absolute Gasteiger partial charge is 0.497 e. The van der Waals surface area contributed by atoms with Crippen molar-refractivity contribution >= 4 is 22.8 Å². The molecule has 6 rings (SSSR count). The van der Waals surface area contributed by atoms with E-state index < -0.39 is 11.8 Å². The zero-order valence-electron chi connectivity index (χ0n) is 27.2. The molecule has 1 saturated heterocycles. The van der Waals surface area contributed by atoms with Gasteiger partial charge in [-0.15, -0.1) is 0 Å². The predicted molar refractivity (Wildman–Crippen MR) is 171 cm³/mol. The van der Waals surface area contributed by atoms with E-state index in [1.54, 1.807) is 20.5 Å². The first-order valence-electron chi connectivity index (χ1n) is 16.2. The van der Waals surface area contributed by atoms with Crippen LogP contribution in [0, 0.1) is 11.8 Å². The lowest BCUT2D eigenvalue weighted by Crippen LogP contribution is -2.51. The molecule has 0 bridgehead atoms. The van der Waals surface area contributed by atoms with Crippen LogP contribution in [0.1, 0.15) is 71.4 Å². The van der Waals surface area contributed by atoms with Crippen molar-refractivity contribution in [3.63, 3.8) is 0 Å². The summed E-state index contributed by atoms with van der Waals surface area (Å²) in [6.45, 7) is 9.99. The van der Waals surface area contributed by atoms with E-state index in [1.165, 1.54) is 0 Å². The van der Waals surface area contributed by atoms with Crippen LogP contribution in [0.2, 0.25) is 0 Å². The Morgan fingerprint density at radius 1 is 1.13 bits per heavy atom. The van der Waals surface area contributed by atoms with Gasteiger partial charge in [0.05, 0.1) is 31.8 Å². The SMILES string of the molecule is COc1ccc(CNc2ncnc3c2ccn3[C@@H]2C[C@H](CN(C(C)C)C3CC(CCC(=O)O)C3)[C@H]3OC(C)(C)O[C@@H]32)c(OC)c1. The topological polar surface area (TPSA) is 120 Å². The number of nitrogens with zero attached hydrogens (tertiary/aromatic N) is 4. The minimum atomic E-state index is -0.702. The Kier molecular flexibility index (Phi) is 8.96. The number of rotatable bonds is 13. The van der Waals surface area contributed by atoms with Crippen LogP contribution in [-0.2, 0) is 20.8 Å². The van der Waals surface area contributed by atoms with Gasteiger partial charge in [-0.3, -0.25) is 9.69 Å². The highest BCUT2D eigenvalue weighted by atomic mass is 16.8. The van der Waals surface area contributed by atoms with Gasteiger partial charge in [-0.1, -0.05) is 0 Å². The minimum absolute atomic E-state index is 0.0199. The van der Waals surface area contributed by atoms with E-state index in [1.807, 2.05) is 32.0 Å². The number of fused-ring (bicyclic) bond motifs is 2. The molecule has 3 heterocycles. The van der Waals surface area contributed by atoms with E-state index >= 15 is 0 Å². The number of carboxylic acids is 1. The van der Waals surface area contributed by atoms with Gasteiger partial charge in [0.25, 0.3) is 0 Å². The van der Waals surface area contributed by atoms with Gasteiger partial charge in [0.15, 0.2) is 5.79 Å². The molecule has 244 valence electrons. The lowest BCUT2D eigenvalue weighted by Gasteiger charge is -2.46. The molecule has 4 atom stereocenters. The van der Waals surface area contributed by atoms with Crippen LogP contribution in [0.4, 0.5) is 5.82 Å². The maximum absolute atomic E-state index is 11.1. The van der Waals surface area contributed by atoms with Crippen molar-refractivity contribution in [2.75, 3.05) is 26.1 Å². The number of hydrogen-bond donors (Lipinski definition) is 2. The first-order valence-corrected chi connectivity index (χ1v) is 16.2. The van der Waals surface area contributed by atoms with Crippen LogP contribution in [0.15, 0.2) is 36.8 Å². The number of benzene rings is 1. The number of aliphatic carboxylic acids is 1. The Morgan fingerprint density at radius 3 is 2.62 bits per heavy atom. The minimum Gasteiger partial charge on any atom is -0.497 e. The molecule has 0 spiro atoms. The Hall–Kier alpha value is -3.41. The van der Waals surface area contributed by atoms with E-state index in [-0.39, 0.29) is 24.7 Å². The molecule has 11 heteroatoms. The molecule has 1 aliphatic heterocycles. The first kappa shape index (κ1) is 31.6. The molecule has 0 amide bonds. The summed E-state index contributed by atoms with van der Waals surface area (Å²) in [7, 11) is 3.30. The smallest absolute Gasteiger partial charge is 0.303 e. The summed E-state index contributed by atoms with van der Waals surface area (Å²) in [6.07, 6.45) is 7.69. The van der Waals surface area contributed by atoms with E-state index in [4.69, 9.17) is 29.0 Å². The molecule has 3 aromatic rings. The molecule has 2 aromatic heterocycles. The number of nitrogens with one attached hydrogen (secondary N) is 1. The second-order valence-electron chi connectivity index (χ2n) is 13.6. The van der Waals surface area contributed by atoms with Crippen molar-refractivity contribution < 1.29 is 28.8 Å². The predicted octanol–water partition coefficient (Wildman–Crippen LogP) is 5.50. The van der Waals surface area contributed by atoms with Gasteiger partial charge in [-0.25, -0.2) is 9.97 Å². The highest BCUT2D eigenvalue weighted by molar-refractivity contribution is 5.87. The second-order valence-corrected chi connectivity index (χ2v) is 13.6.